The van der Waals surface area contributed by atoms with Crippen LogP contribution < -0.4 is 4.90 Å². The van der Waals surface area contributed by atoms with Gasteiger partial charge >= 0.3 is 0 Å². The van der Waals surface area contributed by atoms with Crippen LogP contribution in [0.4, 0.5) is 17.1 Å². The van der Waals surface area contributed by atoms with Crippen molar-refractivity contribution in [3.8, 4) is 39.1 Å². The van der Waals surface area contributed by atoms with E-state index in [0.717, 1.165) is 28.3 Å². The van der Waals surface area contributed by atoms with Crippen LogP contribution in [0.5, 0.6) is 0 Å². The largest absolute Gasteiger partial charge is 0.309 e. The molecule has 0 saturated heterocycles. The lowest BCUT2D eigenvalue weighted by molar-refractivity contribution is 1.18. The van der Waals surface area contributed by atoms with Crippen LogP contribution in [0, 0.1) is 0 Å². The zero-order valence-corrected chi connectivity index (χ0v) is 36.3. The van der Waals surface area contributed by atoms with Gasteiger partial charge in [0.05, 0.1) is 22.4 Å². The van der Waals surface area contributed by atoms with E-state index in [1.165, 1.54) is 90.0 Å². The summed E-state index contributed by atoms with van der Waals surface area (Å²) in [6, 6.07) is 84.7. The minimum Gasteiger partial charge on any atom is -0.309 e. The summed E-state index contributed by atoms with van der Waals surface area (Å²) in [5.41, 5.74) is 14.1. The molecule has 300 valence electrons. The van der Waals surface area contributed by atoms with Crippen LogP contribution in [0.2, 0.25) is 0 Å². The predicted molar refractivity (Wildman–Crippen MR) is 278 cm³/mol. The maximum atomic E-state index is 2.53. The van der Waals surface area contributed by atoms with E-state index in [9.17, 15) is 0 Å². The molecule has 0 aliphatic rings. The molecule has 3 heterocycles. The number of thiophene rings is 2. The van der Waals surface area contributed by atoms with Crippen LogP contribution in [0.25, 0.3) is 101 Å². The second-order valence-electron chi connectivity index (χ2n) is 16.4. The first-order chi connectivity index (χ1) is 31.8. The SMILES string of the molecule is c1ccc(-c2cc(N(c3ccccc3-c3cccc4c3sc3ccccc34)c3cccc4c3c3ccccc3n4-c3ccccc3)ccc2-c2cccc3c2sc2ccccc23)cc1. The first kappa shape index (κ1) is 36.9. The fourth-order valence-corrected chi connectivity index (χ4v) is 12.5. The normalized spacial score (nSPS) is 11.8. The molecular weight excluding hydrogens is 813 g/mol. The predicted octanol–water partition coefficient (Wildman–Crippen LogP) is 18.0. The second kappa shape index (κ2) is 15.0. The zero-order valence-electron chi connectivity index (χ0n) is 34.7. The van der Waals surface area contributed by atoms with Gasteiger partial charge in [-0.15, -0.1) is 22.7 Å². The van der Waals surface area contributed by atoms with E-state index >= 15 is 0 Å². The Bertz CT molecular complexity index is 3910. The number of para-hydroxylation sites is 3. The maximum Gasteiger partial charge on any atom is 0.0562 e. The molecule has 0 radical (unpaired) electrons. The monoisotopic (exact) mass is 850 g/mol. The summed E-state index contributed by atoms with van der Waals surface area (Å²) in [6.45, 7) is 0. The molecule has 0 saturated carbocycles. The van der Waals surface area contributed by atoms with Crippen molar-refractivity contribution >= 4 is 102 Å². The lowest BCUT2D eigenvalue weighted by atomic mass is 9.92. The highest BCUT2D eigenvalue weighted by molar-refractivity contribution is 7.26. The number of fused-ring (bicyclic) bond motifs is 9. The third-order valence-electron chi connectivity index (χ3n) is 12.8. The van der Waals surface area contributed by atoms with Crippen LogP contribution in [-0.4, -0.2) is 4.57 Å². The number of hydrogen-bond acceptors (Lipinski definition) is 3. The highest BCUT2D eigenvalue weighted by Crippen LogP contribution is 2.51. The molecule has 0 fully saturated rings. The molecule has 10 aromatic carbocycles. The van der Waals surface area contributed by atoms with Gasteiger partial charge in [0.25, 0.3) is 0 Å². The van der Waals surface area contributed by atoms with Gasteiger partial charge in [0.15, 0.2) is 0 Å². The molecule has 0 spiro atoms. The number of benzene rings is 10. The molecule has 0 aliphatic heterocycles. The van der Waals surface area contributed by atoms with Crippen molar-refractivity contribution in [1.29, 1.82) is 0 Å². The molecule has 3 aromatic heterocycles. The second-order valence-corrected chi connectivity index (χ2v) is 18.5. The maximum absolute atomic E-state index is 2.53. The van der Waals surface area contributed by atoms with Crippen LogP contribution in [0.15, 0.2) is 231 Å². The Morgan fingerprint density at radius 1 is 0.328 bits per heavy atom. The smallest absolute Gasteiger partial charge is 0.0562 e. The molecule has 13 rings (SSSR count). The molecule has 0 amide bonds. The van der Waals surface area contributed by atoms with E-state index in [4.69, 9.17) is 0 Å². The summed E-state index contributed by atoms with van der Waals surface area (Å²) in [7, 11) is 0. The van der Waals surface area contributed by atoms with Gasteiger partial charge in [0.2, 0.25) is 0 Å². The quantitative estimate of drug-likeness (QED) is 0.155. The fourth-order valence-electron chi connectivity index (χ4n) is 10.0. The van der Waals surface area contributed by atoms with Crippen molar-refractivity contribution in [2.24, 2.45) is 0 Å². The Morgan fingerprint density at radius 2 is 0.844 bits per heavy atom. The molecular formula is C60H38N2S2. The number of hydrogen-bond donors (Lipinski definition) is 0. The number of aromatic nitrogens is 1. The minimum absolute atomic E-state index is 1.09. The van der Waals surface area contributed by atoms with E-state index in [1.807, 2.05) is 22.7 Å². The highest BCUT2D eigenvalue weighted by atomic mass is 32.1. The average molecular weight is 851 g/mol. The molecule has 13 aromatic rings. The van der Waals surface area contributed by atoms with Gasteiger partial charge in [-0.1, -0.05) is 170 Å². The molecule has 2 nitrogen and oxygen atoms in total. The summed E-state index contributed by atoms with van der Waals surface area (Å²) < 4.78 is 7.63. The van der Waals surface area contributed by atoms with Gasteiger partial charge in [-0.3, -0.25) is 0 Å². The summed E-state index contributed by atoms with van der Waals surface area (Å²) in [5.74, 6) is 0. The molecule has 0 aliphatic carbocycles. The van der Waals surface area contributed by atoms with Gasteiger partial charge in [-0.2, -0.15) is 0 Å². The zero-order chi connectivity index (χ0) is 42.1. The Hall–Kier alpha value is -7.76. The number of anilines is 3. The van der Waals surface area contributed by atoms with E-state index in [0.29, 0.717) is 0 Å². The van der Waals surface area contributed by atoms with Gasteiger partial charge in [-0.25, -0.2) is 0 Å². The van der Waals surface area contributed by atoms with Crippen molar-refractivity contribution in [2.45, 2.75) is 0 Å². The van der Waals surface area contributed by atoms with Crippen molar-refractivity contribution in [1.82, 2.24) is 4.57 Å². The first-order valence-corrected chi connectivity index (χ1v) is 23.4. The van der Waals surface area contributed by atoms with E-state index in [2.05, 4.69) is 240 Å². The van der Waals surface area contributed by atoms with E-state index in [1.54, 1.807) is 0 Å². The Morgan fingerprint density at radius 3 is 1.56 bits per heavy atom. The van der Waals surface area contributed by atoms with E-state index in [-0.39, 0.29) is 0 Å². The van der Waals surface area contributed by atoms with Crippen molar-refractivity contribution in [3.05, 3.63) is 231 Å². The summed E-state index contributed by atoms with van der Waals surface area (Å²) >= 11 is 3.77. The summed E-state index contributed by atoms with van der Waals surface area (Å²) in [5, 5.41) is 7.61. The average Bonchev–Trinajstić information content (AvgIpc) is 4.05. The standard InChI is InChI=1S/C60H38N2S2/c1-3-18-39(19-4-1)51-38-41(36-37-42(51)46-26-15-28-48-44-23-9-13-34-56(44)63-59(46)48)62(52-30-11-7-22-43(52)47-27-16-29-49-45-24-10-14-35-57(45)64-60(47)49)55-33-17-32-54-58(55)50-25-8-12-31-53(50)61(54)40-20-5-2-6-21-40/h1-38H. The molecule has 0 N–H and O–H groups in total. The Labute approximate surface area is 378 Å². The number of nitrogens with zero attached hydrogens (tertiary/aromatic N) is 2. The molecule has 0 atom stereocenters. The number of rotatable bonds is 7. The molecule has 64 heavy (non-hydrogen) atoms. The minimum atomic E-state index is 1.09. The Kier molecular flexibility index (Phi) is 8.61. The summed E-state index contributed by atoms with van der Waals surface area (Å²) in [4.78, 5) is 2.53. The topological polar surface area (TPSA) is 8.17 Å². The summed E-state index contributed by atoms with van der Waals surface area (Å²) in [6.07, 6.45) is 0. The van der Waals surface area contributed by atoms with Crippen LogP contribution in [0.1, 0.15) is 0 Å². The van der Waals surface area contributed by atoms with Gasteiger partial charge < -0.3 is 9.47 Å². The third-order valence-corrected chi connectivity index (χ3v) is 15.3. The van der Waals surface area contributed by atoms with Crippen LogP contribution in [0.3, 0.4) is 0 Å². The fraction of sp³-hybridized carbons (Fsp3) is 0. The highest BCUT2D eigenvalue weighted by Gasteiger charge is 2.25. The van der Waals surface area contributed by atoms with E-state index < -0.39 is 0 Å². The van der Waals surface area contributed by atoms with Crippen molar-refractivity contribution in [3.63, 3.8) is 0 Å². The van der Waals surface area contributed by atoms with Gasteiger partial charge in [0.1, 0.15) is 0 Å². The van der Waals surface area contributed by atoms with Gasteiger partial charge in [0, 0.05) is 79.2 Å². The first-order valence-electron chi connectivity index (χ1n) is 21.8. The molecule has 0 unspecified atom stereocenters. The lowest BCUT2D eigenvalue weighted by Gasteiger charge is -2.30. The van der Waals surface area contributed by atoms with Crippen molar-refractivity contribution < 1.29 is 0 Å². The van der Waals surface area contributed by atoms with Crippen molar-refractivity contribution in [2.75, 3.05) is 4.90 Å². The molecule has 0 bridgehead atoms. The molecule has 4 heteroatoms. The van der Waals surface area contributed by atoms with Gasteiger partial charge in [-0.05, 0) is 77.4 Å². The van der Waals surface area contributed by atoms with Crippen LogP contribution in [-0.2, 0) is 0 Å². The Balaban J connectivity index is 1.12. The lowest BCUT2D eigenvalue weighted by Crippen LogP contribution is -2.12. The van der Waals surface area contributed by atoms with Crippen LogP contribution >= 0.6 is 22.7 Å². The third kappa shape index (κ3) is 5.77.